The average Bonchev–Trinajstić information content (AvgIpc) is 2.35. The smallest absolute Gasteiger partial charge is 0.148 e. The van der Waals surface area contributed by atoms with Crippen LogP contribution in [0.5, 0.6) is 0 Å². The Balaban J connectivity index is 0.00000162. The molecule has 7 heteroatoms. The number of rotatable bonds is 2. The lowest BCUT2D eigenvalue weighted by Gasteiger charge is -2.33. The summed E-state index contributed by atoms with van der Waals surface area (Å²) in [5.41, 5.74) is 0.501. The first-order valence-corrected chi connectivity index (χ1v) is 6.45. The molecule has 2 nitrogen and oxygen atoms in total. The first kappa shape index (κ1) is 19.2. The van der Waals surface area contributed by atoms with Crippen molar-refractivity contribution in [3.8, 4) is 0 Å². The minimum absolute atomic E-state index is 0. The molecule has 1 atom stereocenters. The van der Waals surface area contributed by atoms with Crippen molar-refractivity contribution in [1.82, 2.24) is 10.2 Å². The molecule has 1 heterocycles. The van der Waals surface area contributed by atoms with Gasteiger partial charge in [0.05, 0.1) is 5.02 Å². The zero-order valence-corrected chi connectivity index (χ0v) is 13.6. The predicted octanol–water partition coefficient (Wildman–Crippen LogP) is 3.94. The molecule has 19 heavy (non-hydrogen) atoms. The number of hydrogen-bond donors (Lipinski definition) is 1. The molecule has 110 valence electrons. The van der Waals surface area contributed by atoms with Crippen LogP contribution in [0.3, 0.4) is 0 Å². The van der Waals surface area contributed by atoms with Crippen LogP contribution in [0.1, 0.15) is 18.5 Å². The molecule has 1 aromatic rings. The van der Waals surface area contributed by atoms with Gasteiger partial charge in [-0.15, -0.1) is 24.8 Å². The third-order valence-corrected chi connectivity index (χ3v) is 3.82. The highest BCUT2D eigenvalue weighted by Gasteiger charge is 2.24. The van der Waals surface area contributed by atoms with Gasteiger partial charge in [-0.1, -0.05) is 23.2 Å². The van der Waals surface area contributed by atoms with Crippen LogP contribution in [0.2, 0.25) is 10.0 Å². The van der Waals surface area contributed by atoms with Gasteiger partial charge in [-0.3, -0.25) is 4.90 Å². The Kier molecular flexibility index (Phi) is 8.60. The molecule has 0 saturated carbocycles. The summed E-state index contributed by atoms with van der Waals surface area (Å²) in [6, 6.07) is 3.09. The number of hydrogen-bond acceptors (Lipinski definition) is 2. The van der Waals surface area contributed by atoms with E-state index in [9.17, 15) is 4.39 Å². The molecular weight excluding hydrogens is 333 g/mol. The summed E-state index contributed by atoms with van der Waals surface area (Å²) >= 11 is 11.9. The van der Waals surface area contributed by atoms with E-state index in [1.165, 1.54) is 6.07 Å². The molecule has 1 aliphatic rings. The van der Waals surface area contributed by atoms with Gasteiger partial charge < -0.3 is 5.32 Å². The summed E-state index contributed by atoms with van der Waals surface area (Å²) in [6.45, 7) is 5.59. The van der Waals surface area contributed by atoms with Gasteiger partial charge in [0.2, 0.25) is 0 Å². The fourth-order valence-electron chi connectivity index (χ4n) is 2.18. The quantitative estimate of drug-likeness (QED) is 0.813. The molecule has 0 amide bonds. The second-order valence-corrected chi connectivity index (χ2v) is 5.03. The molecule has 0 unspecified atom stereocenters. The van der Waals surface area contributed by atoms with Crippen molar-refractivity contribution >= 4 is 48.0 Å². The average molecular weight is 350 g/mol. The van der Waals surface area contributed by atoms with Gasteiger partial charge in [-0.25, -0.2) is 4.39 Å². The van der Waals surface area contributed by atoms with E-state index in [2.05, 4.69) is 10.2 Å². The molecule has 0 aliphatic carbocycles. The van der Waals surface area contributed by atoms with Crippen LogP contribution in [0.15, 0.2) is 12.1 Å². The number of nitrogens with zero attached hydrogens (tertiary/aromatic N) is 1. The third-order valence-electron chi connectivity index (χ3n) is 3.20. The van der Waals surface area contributed by atoms with Crippen LogP contribution in [0.25, 0.3) is 0 Å². The highest BCUT2D eigenvalue weighted by atomic mass is 35.5. The fourth-order valence-corrected chi connectivity index (χ4v) is 2.65. The van der Waals surface area contributed by atoms with Gasteiger partial charge in [-0.05, 0) is 19.1 Å². The van der Waals surface area contributed by atoms with Crippen LogP contribution >= 0.6 is 48.0 Å². The molecule has 1 aliphatic heterocycles. The SMILES string of the molecule is C[C@H](c1c(Cl)ccc(Cl)c1F)N1CCNCC1.Cl.Cl. The van der Waals surface area contributed by atoms with Crippen molar-refractivity contribution in [3.63, 3.8) is 0 Å². The van der Waals surface area contributed by atoms with Crippen LogP contribution in [-0.4, -0.2) is 31.1 Å². The molecule has 0 aromatic heterocycles. The number of halogens is 5. The Morgan fingerprint density at radius 3 is 2.26 bits per heavy atom. The zero-order valence-electron chi connectivity index (χ0n) is 10.5. The summed E-state index contributed by atoms with van der Waals surface area (Å²) in [6.07, 6.45) is 0. The van der Waals surface area contributed by atoms with Gasteiger partial charge in [0.1, 0.15) is 5.82 Å². The Morgan fingerprint density at radius 1 is 1.16 bits per heavy atom. The molecular formula is C12H17Cl4FN2. The summed E-state index contributed by atoms with van der Waals surface area (Å²) in [5.74, 6) is -0.398. The van der Waals surface area contributed by atoms with Gasteiger partial charge >= 0.3 is 0 Å². The van der Waals surface area contributed by atoms with E-state index in [0.717, 1.165) is 26.2 Å². The molecule has 1 aromatic carbocycles. The van der Waals surface area contributed by atoms with Crippen LogP contribution in [-0.2, 0) is 0 Å². The van der Waals surface area contributed by atoms with Crippen molar-refractivity contribution in [2.45, 2.75) is 13.0 Å². The highest BCUT2D eigenvalue weighted by molar-refractivity contribution is 6.33. The van der Waals surface area contributed by atoms with Crippen molar-refractivity contribution in [1.29, 1.82) is 0 Å². The highest BCUT2D eigenvalue weighted by Crippen LogP contribution is 2.33. The third kappa shape index (κ3) is 4.35. The molecule has 1 N–H and O–H groups in total. The van der Waals surface area contributed by atoms with Gasteiger partial charge in [-0.2, -0.15) is 0 Å². The van der Waals surface area contributed by atoms with E-state index in [-0.39, 0.29) is 35.9 Å². The maximum absolute atomic E-state index is 14.0. The topological polar surface area (TPSA) is 15.3 Å². The largest absolute Gasteiger partial charge is 0.314 e. The van der Waals surface area contributed by atoms with E-state index in [0.29, 0.717) is 10.6 Å². The Labute approximate surface area is 135 Å². The number of piperazine rings is 1. The standard InChI is InChI=1S/C12H15Cl2FN2.2ClH/c1-8(17-6-4-16-5-7-17)11-9(13)2-3-10(14)12(11)15;;/h2-3,8,16H,4-7H2,1H3;2*1H/t8-;;/m1../s1. The van der Waals surface area contributed by atoms with Crippen LogP contribution in [0.4, 0.5) is 4.39 Å². The minimum Gasteiger partial charge on any atom is -0.314 e. The first-order valence-electron chi connectivity index (χ1n) is 5.69. The van der Waals surface area contributed by atoms with Gasteiger partial charge in [0, 0.05) is 42.8 Å². The van der Waals surface area contributed by atoms with Gasteiger partial charge in [0.15, 0.2) is 0 Å². The molecule has 0 bridgehead atoms. The lowest BCUT2D eigenvalue weighted by atomic mass is 10.1. The second-order valence-electron chi connectivity index (χ2n) is 4.22. The van der Waals surface area contributed by atoms with E-state index >= 15 is 0 Å². The molecule has 1 saturated heterocycles. The second kappa shape index (κ2) is 8.50. The van der Waals surface area contributed by atoms with Crippen LogP contribution in [0, 0.1) is 5.82 Å². The molecule has 0 spiro atoms. The Morgan fingerprint density at radius 2 is 1.68 bits per heavy atom. The first-order chi connectivity index (χ1) is 8.11. The van der Waals surface area contributed by atoms with E-state index < -0.39 is 5.82 Å². The molecule has 1 fully saturated rings. The summed E-state index contributed by atoms with van der Waals surface area (Å²) in [4.78, 5) is 2.21. The van der Waals surface area contributed by atoms with Crippen LogP contribution < -0.4 is 5.32 Å². The summed E-state index contributed by atoms with van der Waals surface area (Å²) in [7, 11) is 0. The zero-order chi connectivity index (χ0) is 12.4. The Bertz CT molecular complexity index is 411. The lowest BCUT2D eigenvalue weighted by Crippen LogP contribution is -2.44. The fraction of sp³-hybridized carbons (Fsp3) is 0.500. The van der Waals surface area contributed by atoms with Crippen molar-refractivity contribution in [3.05, 3.63) is 33.6 Å². The molecule has 2 rings (SSSR count). The van der Waals surface area contributed by atoms with E-state index in [1.54, 1.807) is 6.07 Å². The van der Waals surface area contributed by atoms with Crippen molar-refractivity contribution in [2.24, 2.45) is 0 Å². The lowest BCUT2D eigenvalue weighted by molar-refractivity contribution is 0.182. The monoisotopic (exact) mass is 348 g/mol. The Hall–Kier alpha value is 0.230. The van der Waals surface area contributed by atoms with Gasteiger partial charge in [0.25, 0.3) is 0 Å². The summed E-state index contributed by atoms with van der Waals surface area (Å²) < 4.78 is 14.0. The molecule has 0 radical (unpaired) electrons. The predicted molar refractivity (Wildman–Crippen MR) is 83.8 cm³/mol. The minimum atomic E-state index is -0.398. The van der Waals surface area contributed by atoms with Crippen molar-refractivity contribution in [2.75, 3.05) is 26.2 Å². The maximum atomic E-state index is 14.0. The summed E-state index contributed by atoms with van der Waals surface area (Å²) in [5, 5.41) is 3.84. The van der Waals surface area contributed by atoms with Crippen molar-refractivity contribution < 1.29 is 4.39 Å². The van der Waals surface area contributed by atoms with E-state index in [1.807, 2.05) is 6.92 Å². The normalized spacial score (nSPS) is 17.3. The number of benzene rings is 1. The number of nitrogens with one attached hydrogen (secondary N) is 1. The maximum Gasteiger partial charge on any atom is 0.148 e. The van der Waals surface area contributed by atoms with E-state index in [4.69, 9.17) is 23.2 Å².